The van der Waals surface area contributed by atoms with Crippen LogP contribution >= 0.6 is 0 Å². The summed E-state index contributed by atoms with van der Waals surface area (Å²) in [5, 5.41) is 3.42. The number of hydrogen-bond acceptors (Lipinski definition) is 4. The minimum absolute atomic E-state index is 0.473. The summed E-state index contributed by atoms with van der Waals surface area (Å²) in [6.07, 6.45) is 4.99. The molecule has 2 heterocycles. The molecule has 0 spiro atoms. The Balaban J connectivity index is 1.89. The Hall–Kier alpha value is -1.32. The summed E-state index contributed by atoms with van der Waals surface area (Å²) < 4.78 is 0. The van der Waals surface area contributed by atoms with Crippen molar-refractivity contribution in [2.24, 2.45) is 5.41 Å². The lowest BCUT2D eigenvalue weighted by molar-refractivity contribution is 0.279. The number of hydrogen-bond donors (Lipinski definition) is 1. The molecule has 116 valence electrons. The zero-order valence-corrected chi connectivity index (χ0v) is 13.9. The third-order valence-electron chi connectivity index (χ3n) is 4.84. The van der Waals surface area contributed by atoms with E-state index in [1.54, 1.807) is 0 Å². The summed E-state index contributed by atoms with van der Waals surface area (Å²) >= 11 is 0. The topological polar surface area (TPSA) is 41.1 Å². The Morgan fingerprint density at radius 1 is 1.19 bits per heavy atom. The van der Waals surface area contributed by atoms with Crippen molar-refractivity contribution in [3.8, 4) is 0 Å². The van der Waals surface area contributed by atoms with Crippen LogP contribution in [0.2, 0.25) is 0 Å². The normalized spacial score (nSPS) is 21.4. The highest BCUT2D eigenvalue weighted by Gasteiger charge is 2.31. The van der Waals surface area contributed by atoms with E-state index in [4.69, 9.17) is 9.97 Å². The largest absolute Gasteiger partial charge is 0.370 e. The van der Waals surface area contributed by atoms with E-state index in [9.17, 15) is 0 Å². The molecule has 2 fully saturated rings. The molecular formula is C17H28N4. The average molecular weight is 288 g/mol. The summed E-state index contributed by atoms with van der Waals surface area (Å²) in [6.45, 7) is 12.2. The van der Waals surface area contributed by atoms with Gasteiger partial charge < -0.3 is 10.2 Å². The van der Waals surface area contributed by atoms with Gasteiger partial charge >= 0.3 is 0 Å². The first kappa shape index (κ1) is 14.6. The molecule has 4 nitrogen and oxygen atoms in total. The molecule has 1 saturated heterocycles. The first-order valence-corrected chi connectivity index (χ1v) is 8.37. The predicted octanol–water partition coefficient (Wildman–Crippen LogP) is 3.72. The van der Waals surface area contributed by atoms with Crippen molar-refractivity contribution in [3.63, 3.8) is 0 Å². The molecular weight excluding hydrogens is 260 g/mol. The molecule has 0 amide bonds. The van der Waals surface area contributed by atoms with Crippen LogP contribution in [0.3, 0.4) is 0 Å². The molecule has 21 heavy (non-hydrogen) atoms. The number of anilines is 2. The Labute approximate surface area is 128 Å². The lowest BCUT2D eigenvalue weighted by Gasteiger charge is -2.38. The quantitative estimate of drug-likeness (QED) is 0.916. The Morgan fingerprint density at radius 2 is 1.86 bits per heavy atom. The van der Waals surface area contributed by atoms with Crippen LogP contribution in [0.1, 0.15) is 63.8 Å². The monoisotopic (exact) mass is 288 g/mol. The van der Waals surface area contributed by atoms with Crippen molar-refractivity contribution in [2.75, 3.05) is 29.9 Å². The first-order chi connectivity index (χ1) is 10.00. The van der Waals surface area contributed by atoms with Crippen LogP contribution < -0.4 is 10.2 Å². The van der Waals surface area contributed by atoms with Crippen LogP contribution in [-0.4, -0.2) is 29.6 Å². The maximum atomic E-state index is 4.92. The molecule has 0 unspecified atom stereocenters. The van der Waals surface area contributed by atoms with Crippen LogP contribution in [0.5, 0.6) is 0 Å². The van der Waals surface area contributed by atoms with Crippen molar-refractivity contribution < 1.29 is 0 Å². The van der Waals surface area contributed by atoms with Crippen LogP contribution in [0.15, 0.2) is 0 Å². The number of rotatable bonds is 4. The fraction of sp³-hybridized carbons (Fsp3) is 0.765. The minimum atomic E-state index is 0.473. The number of nitrogens with one attached hydrogen (secondary N) is 1. The maximum Gasteiger partial charge on any atom is 0.137 e. The van der Waals surface area contributed by atoms with Gasteiger partial charge in [-0.15, -0.1) is 0 Å². The summed E-state index contributed by atoms with van der Waals surface area (Å²) in [7, 11) is 0. The van der Waals surface area contributed by atoms with Gasteiger partial charge in [0.15, 0.2) is 0 Å². The fourth-order valence-electron chi connectivity index (χ4n) is 3.02. The van der Waals surface area contributed by atoms with E-state index < -0.39 is 0 Å². The molecule has 3 rings (SSSR count). The summed E-state index contributed by atoms with van der Waals surface area (Å²) in [5.74, 6) is 3.85. The average Bonchev–Trinajstić information content (AvgIpc) is 3.26. The third kappa shape index (κ3) is 3.14. The van der Waals surface area contributed by atoms with Crippen molar-refractivity contribution >= 4 is 11.6 Å². The van der Waals surface area contributed by atoms with Crippen molar-refractivity contribution in [2.45, 2.75) is 59.3 Å². The summed E-state index contributed by atoms with van der Waals surface area (Å²) in [6, 6.07) is 0. The fourth-order valence-corrected chi connectivity index (χ4v) is 3.02. The summed E-state index contributed by atoms with van der Waals surface area (Å²) in [5.41, 5.74) is 1.68. The highest BCUT2D eigenvalue weighted by molar-refractivity contribution is 5.59. The molecule has 0 aromatic carbocycles. The predicted molar refractivity (Wildman–Crippen MR) is 88.1 cm³/mol. The molecule has 1 aromatic heterocycles. The minimum Gasteiger partial charge on any atom is -0.370 e. The molecule has 0 bridgehead atoms. The van der Waals surface area contributed by atoms with E-state index in [1.807, 2.05) is 0 Å². The Morgan fingerprint density at radius 3 is 2.43 bits per heavy atom. The van der Waals surface area contributed by atoms with Crippen molar-refractivity contribution in [1.82, 2.24) is 9.97 Å². The van der Waals surface area contributed by atoms with E-state index in [-0.39, 0.29) is 0 Å². The molecule has 1 saturated carbocycles. The zero-order valence-electron chi connectivity index (χ0n) is 13.9. The second-order valence-corrected chi connectivity index (χ2v) is 7.33. The van der Waals surface area contributed by atoms with Crippen molar-refractivity contribution in [1.29, 1.82) is 0 Å². The lowest BCUT2D eigenvalue weighted by atomic mass is 9.82. The molecule has 1 aromatic rings. The summed E-state index contributed by atoms with van der Waals surface area (Å²) in [4.78, 5) is 12.1. The van der Waals surface area contributed by atoms with Gasteiger partial charge in [0.05, 0.1) is 0 Å². The van der Waals surface area contributed by atoms with Crippen LogP contribution in [0.25, 0.3) is 0 Å². The van der Waals surface area contributed by atoms with Crippen LogP contribution in [0.4, 0.5) is 11.6 Å². The third-order valence-corrected chi connectivity index (χ3v) is 4.84. The molecule has 0 atom stereocenters. The van der Waals surface area contributed by atoms with E-state index in [2.05, 4.69) is 37.9 Å². The van der Waals surface area contributed by atoms with Crippen LogP contribution in [-0.2, 0) is 0 Å². The van der Waals surface area contributed by atoms with Crippen molar-refractivity contribution in [3.05, 3.63) is 11.4 Å². The number of piperidine rings is 1. The molecule has 4 heteroatoms. The van der Waals surface area contributed by atoms with Crippen LogP contribution in [0, 0.1) is 12.3 Å². The van der Waals surface area contributed by atoms with E-state index >= 15 is 0 Å². The van der Waals surface area contributed by atoms with Gasteiger partial charge in [0.25, 0.3) is 0 Å². The van der Waals surface area contributed by atoms with Gasteiger partial charge in [-0.3, -0.25) is 0 Å². The second-order valence-electron chi connectivity index (χ2n) is 7.33. The van der Waals surface area contributed by atoms with Gasteiger partial charge in [-0.05, 0) is 44.9 Å². The Bertz CT molecular complexity index is 510. The van der Waals surface area contributed by atoms with Gasteiger partial charge in [0, 0.05) is 31.1 Å². The number of nitrogens with zero attached hydrogens (tertiary/aromatic N) is 3. The first-order valence-electron chi connectivity index (χ1n) is 8.37. The van der Waals surface area contributed by atoms with Gasteiger partial charge in [0.2, 0.25) is 0 Å². The van der Waals surface area contributed by atoms with Gasteiger partial charge in [0.1, 0.15) is 17.5 Å². The molecule has 1 aliphatic heterocycles. The SMILES string of the molecule is CCNc1nc(C2CC2)nc(N2CCC(C)(C)CC2)c1C. The number of aromatic nitrogens is 2. The maximum absolute atomic E-state index is 4.92. The molecule has 1 aliphatic carbocycles. The van der Waals surface area contributed by atoms with E-state index in [0.29, 0.717) is 11.3 Å². The second kappa shape index (κ2) is 5.47. The smallest absolute Gasteiger partial charge is 0.137 e. The highest BCUT2D eigenvalue weighted by atomic mass is 15.2. The molecule has 0 radical (unpaired) electrons. The lowest BCUT2D eigenvalue weighted by Crippen LogP contribution is -2.38. The Kier molecular flexibility index (Phi) is 3.80. The standard InChI is InChI=1S/C17H28N4/c1-5-18-14-12(2)16(20-15(19-14)13-6-7-13)21-10-8-17(3,4)9-11-21/h13H,5-11H2,1-4H3,(H,18,19,20). The van der Waals surface area contributed by atoms with E-state index in [1.165, 1.54) is 37.1 Å². The van der Waals surface area contributed by atoms with Gasteiger partial charge in [-0.2, -0.15) is 0 Å². The molecule has 2 aliphatic rings. The van der Waals surface area contributed by atoms with E-state index in [0.717, 1.165) is 31.3 Å². The van der Waals surface area contributed by atoms with Gasteiger partial charge in [-0.25, -0.2) is 9.97 Å². The molecule has 1 N–H and O–H groups in total. The van der Waals surface area contributed by atoms with Gasteiger partial charge in [-0.1, -0.05) is 13.8 Å². The highest BCUT2D eigenvalue weighted by Crippen LogP contribution is 2.41. The zero-order chi connectivity index (χ0) is 15.0.